The molecule has 0 bridgehead atoms. The van der Waals surface area contributed by atoms with Crippen LogP contribution in [0.3, 0.4) is 0 Å². The Labute approximate surface area is 113 Å². The Kier molecular flexibility index (Phi) is 4.53. The Morgan fingerprint density at radius 3 is 1.15 bits per heavy atom. The van der Waals surface area contributed by atoms with Crippen LogP contribution in [0.2, 0.25) is 0 Å². The standard InChI is InChI=1S/C12H18F6N2/c13-11(14,15)7-1-3-9(19-5-7)10-4-2-8(6-20-10)12(16,17)18/h7-10,19-20H,1-6H2. The van der Waals surface area contributed by atoms with Crippen LogP contribution in [0.1, 0.15) is 25.7 Å². The molecule has 0 aliphatic carbocycles. The molecule has 0 aromatic carbocycles. The number of hydrogen-bond acceptors (Lipinski definition) is 2. The lowest BCUT2D eigenvalue weighted by Gasteiger charge is -2.39. The number of piperidine rings is 2. The van der Waals surface area contributed by atoms with Crippen molar-refractivity contribution in [1.82, 2.24) is 10.6 Å². The number of nitrogens with one attached hydrogen (secondary N) is 2. The summed E-state index contributed by atoms with van der Waals surface area (Å²) in [6.45, 7) is -0.288. The van der Waals surface area contributed by atoms with Gasteiger partial charge in [0.1, 0.15) is 0 Å². The minimum atomic E-state index is -4.20. The highest BCUT2D eigenvalue weighted by molar-refractivity contribution is 4.92. The quantitative estimate of drug-likeness (QED) is 0.728. The van der Waals surface area contributed by atoms with Gasteiger partial charge in [0.2, 0.25) is 0 Å². The van der Waals surface area contributed by atoms with Crippen LogP contribution in [0, 0.1) is 11.8 Å². The Balaban J connectivity index is 1.79. The van der Waals surface area contributed by atoms with E-state index >= 15 is 0 Å². The van der Waals surface area contributed by atoms with E-state index in [4.69, 9.17) is 0 Å². The van der Waals surface area contributed by atoms with Crippen LogP contribution in [-0.2, 0) is 0 Å². The van der Waals surface area contributed by atoms with Crippen molar-refractivity contribution in [2.45, 2.75) is 50.1 Å². The average Bonchev–Trinajstić information content (AvgIpc) is 2.37. The third kappa shape index (κ3) is 3.78. The zero-order chi connectivity index (χ0) is 15.0. The first-order valence-electron chi connectivity index (χ1n) is 6.78. The Morgan fingerprint density at radius 1 is 0.600 bits per heavy atom. The van der Waals surface area contributed by atoms with Crippen molar-refractivity contribution in [2.75, 3.05) is 13.1 Å². The summed E-state index contributed by atoms with van der Waals surface area (Å²) in [5, 5.41) is 5.67. The highest BCUT2D eigenvalue weighted by Crippen LogP contribution is 2.35. The van der Waals surface area contributed by atoms with Gasteiger partial charge in [0.15, 0.2) is 0 Å². The predicted molar refractivity (Wildman–Crippen MR) is 61.1 cm³/mol. The molecule has 2 fully saturated rings. The maximum atomic E-state index is 12.5. The van der Waals surface area contributed by atoms with Gasteiger partial charge in [-0.15, -0.1) is 0 Å². The molecule has 0 aromatic heterocycles. The molecule has 4 atom stereocenters. The third-order valence-electron chi connectivity index (χ3n) is 4.32. The van der Waals surface area contributed by atoms with E-state index in [0.29, 0.717) is 12.8 Å². The van der Waals surface area contributed by atoms with Crippen molar-refractivity contribution < 1.29 is 26.3 Å². The zero-order valence-corrected chi connectivity index (χ0v) is 10.8. The Bertz CT molecular complexity index is 279. The summed E-state index contributed by atoms with van der Waals surface area (Å²) in [6.07, 6.45) is -7.61. The molecule has 2 heterocycles. The lowest BCUT2D eigenvalue weighted by Crippen LogP contribution is -2.57. The molecule has 2 aliphatic rings. The fraction of sp³-hybridized carbons (Fsp3) is 1.00. The van der Waals surface area contributed by atoms with E-state index in [-0.39, 0.29) is 38.0 Å². The van der Waals surface area contributed by atoms with Crippen molar-refractivity contribution in [1.29, 1.82) is 0 Å². The van der Waals surface area contributed by atoms with E-state index in [0.717, 1.165) is 0 Å². The van der Waals surface area contributed by atoms with Gasteiger partial charge in [-0.3, -0.25) is 0 Å². The molecule has 0 spiro atoms. The second-order valence-electron chi connectivity index (χ2n) is 5.66. The molecule has 2 aliphatic heterocycles. The maximum absolute atomic E-state index is 12.5. The number of halogens is 6. The van der Waals surface area contributed by atoms with Crippen molar-refractivity contribution in [2.24, 2.45) is 11.8 Å². The molecule has 0 radical (unpaired) electrons. The smallest absolute Gasteiger partial charge is 0.312 e. The van der Waals surface area contributed by atoms with E-state index in [1.54, 1.807) is 0 Å². The Morgan fingerprint density at radius 2 is 0.950 bits per heavy atom. The average molecular weight is 304 g/mol. The van der Waals surface area contributed by atoms with Crippen LogP contribution in [0.15, 0.2) is 0 Å². The fourth-order valence-corrected chi connectivity index (χ4v) is 3.00. The summed E-state index contributed by atoms with van der Waals surface area (Å²) < 4.78 is 75.1. The van der Waals surface area contributed by atoms with Crippen LogP contribution in [-0.4, -0.2) is 37.5 Å². The predicted octanol–water partition coefficient (Wildman–Crippen LogP) is 2.85. The van der Waals surface area contributed by atoms with Gasteiger partial charge < -0.3 is 10.6 Å². The summed E-state index contributed by atoms with van der Waals surface area (Å²) in [5.41, 5.74) is 0. The van der Waals surface area contributed by atoms with Gasteiger partial charge in [0, 0.05) is 25.2 Å². The summed E-state index contributed by atoms with van der Waals surface area (Å²) in [6, 6.07) is -0.328. The molecular formula is C12H18F6N2. The summed E-state index contributed by atoms with van der Waals surface area (Å²) in [4.78, 5) is 0. The second-order valence-corrected chi connectivity index (χ2v) is 5.66. The third-order valence-corrected chi connectivity index (χ3v) is 4.32. The molecule has 2 nitrogen and oxygen atoms in total. The van der Waals surface area contributed by atoms with Gasteiger partial charge in [-0.1, -0.05) is 0 Å². The van der Waals surface area contributed by atoms with Crippen molar-refractivity contribution in [3.05, 3.63) is 0 Å². The van der Waals surface area contributed by atoms with E-state index in [1.807, 2.05) is 0 Å². The summed E-state index contributed by atoms with van der Waals surface area (Å²) in [7, 11) is 0. The maximum Gasteiger partial charge on any atom is 0.393 e. The van der Waals surface area contributed by atoms with Crippen LogP contribution in [0.25, 0.3) is 0 Å². The van der Waals surface area contributed by atoms with Gasteiger partial charge in [0.25, 0.3) is 0 Å². The molecule has 20 heavy (non-hydrogen) atoms. The van der Waals surface area contributed by atoms with Crippen LogP contribution in [0.5, 0.6) is 0 Å². The molecule has 8 heteroatoms. The topological polar surface area (TPSA) is 24.1 Å². The number of hydrogen-bond donors (Lipinski definition) is 2. The van der Waals surface area contributed by atoms with Crippen molar-refractivity contribution >= 4 is 0 Å². The molecule has 2 saturated heterocycles. The molecule has 4 unspecified atom stereocenters. The Hall–Kier alpha value is -0.500. The van der Waals surface area contributed by atoms with Gasteiger partial charge >= 0.3 is 12.4 Å². The first-order chi connectivity index (χ1) is 9.18. The lowest BCUT2D eigenvalue weighted by atomic mass is 9.85. The number of alkyl halides is 6. The van der Waals surface area contributed by atoms with Crippen molar-refractivity contribution in [3.8, 4) is 0 Å². The highest BCUT2D eigenvalue weighted by Gasteiger charge is 2.45. The van der Waals surface area contributed by atoms with Gasteiger partial charge in [-0.05, 0) is 25.7 Å². The van der Waals surface area contributed by atoms with Crippen LogP contribution >= 0.6 is 0 Å². The van der Waals surface area contributed by atoms with Crippen molar-refractivity contribution in [3.63, 3.8) is 0 Å². The van der Waals surface area contributed by atoms with E-state index in [9.17, 15) is 26.3 Å². The molecule has 2 N–H and O–H groups in total. The fourth-order valence-electron chi connectivity index (χ4n) is 3.00. The SMILES string of the molecule is FC(F)(F)C1CCC(C2CCC(C(F)(F)F)CN2)NC1. The van der Waals surface area contributed by atoms with Crippen LogP contribution < -0.4 is 10.6 Å². The highest BCUT2D eigenvalue weighted by atomic mass is 19.4. The summed E-state index contributed by atoms with van der Waals surface area (Å²) in [5.74, 6) is -2.68. The molecule has 0 amide bonds. The molecular weight excluding hydrogens is 286 g/mol. The first kappa shape index (κ1) is 15.9. The minimum absolute atomic E-state index is 0.0437. The molecule has 118 valence electrons. The molecule has 0 saturated carbocycles. The van der Waals surface area contributed by atoms with E-state index in [2.05, 4.69) is 10.6 Å². The number of rotatable bonds is 1. The summed E-state index contributed by atoms with van der Waals surface area (Å²) >= 11 is 0. The van der Waals surface area contributed by atoms with E-state index < -0.39 is 24.2 Å². The monoisotopic (exact) mass is 304 g/mol. The lowest BCUT2D eigenvalue weighted by molar-refractivity contribution is -0.184. The second kappa shape index (κ2) is 5.71. The van der Waals surface area contributed by atoms with Crippen LogP contribution in [0.4, 0.5) is 26.3 Å². The molecule has 2 rings (SSSR count). The van der Waals surface area contributed by atoms with Gasteiger partial charge in [0.05, 0.1) is 11.8 Å². The molecule has 0 aromatic rings. The van der Waals surface area contributed by atoms with Gasteiger partial charge in [-0.2, -0.15) is 26.3 Å². The minimum Gasteiger partial charge on any atom is -0.312 e. The first-order valence-corrected chi connectivity index (χ1v) is 6.78. The zero-order valence-electron chi connectivity index (χ0n) is 10.8. The van der Waals surface area contributed by atoms with E-state index in [1.165, 1.54) is 0 Å². The van der Waals surface area contributed by atoms with Gasteiger partial charge in [-0.25, -0.2) is 0 Å². The largest absolute Gasteiger partial charge is 0.393 e. The normalized spacial score (nSPS) is 36.9.